The molecule has 1 atom stereocenters. The molecule has 16 heavy (non-hydrogen) atoms. The van der Waals surface area contributed by atoms with Crippen LogP contribution in [0.4, 0.5) is 5.13 Å². The number of aromatic nitrogens is 2. The summed E-state index contributed by atoms with van der Waals surface area (Å²) in [7, 11) is 0. The lowest BCUT2D eigenvalue weighted by Crippen LogP contribution is -2.06. The number of nitrogens with one attached hydrogen (secondary N) is 1. The molecule has 1 N–H and O–H groups in total. The molecule has 0 saturated carbocycles. The van der Waals surface area contributed by atoms with Gasteiger partial charge < -0.3 is 5.32 Å². The van der Waals surface area contributed by atoms with Gasteiger partial charge in [0.15, 0.2) is 0 Å². The zero-order chi connectivity index (χ0) is 11.4. The molecule has 0 spiro atoms. The number of aryl methyl sites for hydroxylation is 1. The predicted octanol–water partition coefficient (Wildman–Crippen LogP) is 3.27. The summed E-state index contributed by atoms with van der Waals surface area (Å²) in [5, 5.41) is 4.25. The van der Waals surface area contributed by atoms with E-state index in [2.05, 4.69) is 40.7 Å². The van der Waals surface area contributed by atoms with E-state index in [1.165, 1.54) is 17.1 Å². The minimum absolute atomic E-state index is 0.263. The summed E-state index contributed by atoms with van der Waals surface area (Å²) in [6.45, 7) is 4.19. The van der Waals surface area contributed by atoms with E-state index in [-0.39, 0.29) is 6.04 Å². The molecule has 84 valence electrons. The molecule has 2 rings (SSSR count). The Morgan fingerprint density at radius 1 is 1.31 bits per heavy atom. The molecular formula is C12H15N3S. The van der Waals surface area contributed by atoms with Crippen molar-refractivity contribution >= 4 is 16.7 Å². The monoisotopic (exact) mass is 233 g/mol. The molecule has 0 saturated heterocycles. The third-order valence-electron chi connectivity index (χ3n) is 2.42. The second kappa shape index (κ2) is 5.07. The maximum Gasteiger partial charge on any atom is 0.203 e. The molecule has 1 heterocycles. The molecule has 1 aromatic heterocycles. The highest BCUT2D eigenvalue weighted by atomic mass is 32.1. The maximum absolute atomic E-state index is 4.39. The third kappa shape index (κ3) is 2.58. The van der Waals surface area contributed by atoms with Crippen LogP contribution < -0.4 is 5.32 Å². The van der Waals surface area contributed by atoms with E-state index >= 15 is 0 Å². The number of benzene rings is 1. The highest BCUT2D eigenvalue weighted by Gasteiger charge is 2.07. The predicted molar refractivity (Wildman–Crippen MR) is 67.8 cm³/mol. The van der Waals surface area contributed by atoms with Crippen LogP contribution in [0.25, 0.3) is 0 Å². The lowest BCUT2D eigenvalue weighted by Gasteiger charge is -2.12. The lowest BCUT2D eigenvalue weighted by molar-refractivity contribution is 0.876. The van der Waals surface area contributed by atoms with Crippen molar-refractivity contribution in [3.8, 4) is 0 Å². The summed E-state index contributed by atoms with van der Waals surface area (Å²) in [5.74, 6) is 0.910. The van der Waals surface area contributed by atoms with Crippen LogP contribution in [0.2, 0.25) is 0 Å². The molecule has 0 aliphatic heterocycles. The Morgan fingerprint density at radius 3 is 2.69 bits per heavy atom. The van der Waals surface area contributed by atoms with Crippen LogP contribution >= 0.6 is 11.5 Å². The Morgan fingerprint density at radius 2 is 2.06 bits per heavy atom. The van der Waals surface area contributed by atoms with E-state index in [1.54, 1.807) is 0 Å². The largest absolute Gasteiger partial charge is 0.354 e. The molecule has 1 aromatic carbocycles. The van der Waals surface area contributed by atoms with E-state index < -0.39 is 0 Å². The van der Waals surface area contributed by atoms with Gasteiger partial charge in [0.2, 0.25) is 5.13 Å². The average Bonchev–Trinajstić information content (AvgIpc) is 2.78. The number of nitrogens with zero attached hydrogens (tertiary/aromatic N) is 2. The van der Waals surface area contributed by atoms with Crippen LogP contribution in [-0.4, -0.2) is 9.36 Å². The van der Waals surface area contributed by atoms with E-state index in [0.717, 1.165) is 17.4 Å². The summed E-state index contributed by atoms with van der Waals surface area (Å²) in [6, 6.07) is 10.6. The van der Waals surface area contributed by atoms with Crippen LogP contribution in [-0.2, 0) is 6.42 Å². The Hall–Kier alpha value is -1.42. The first-order valence-electron chi connectivity index (χ1n) is 5.43. The molecule has 0 aliphatic rings. The zero-order valence-electron chi connectivity index (χ0n) is 9.47. The second-order valence-electron chi connectivity index (χ2n) is 3.65. The van der Waals surface area contributed by atoms with Crippen molar-refractivity contribution in [2.24, 2.45) is 0 Å². The van der Waals surface area contributed by atoms with Gasteiger partial charge >= 0.3 is 0 Å². The van der Waals surface area contributed by atoms with Gasteiger partial charge in [0, 0.05) is 18.0 Å². The molecule has 0 fully saturated rings. The number of anilines is 1. The van der Waals surface area contributed by atoms with E-state index in [0.29, 0.717) is 0 Å². The quantitative estimate of drug-likeness (QED) is 0.880. The summed E-state index contributed by atoms with van der Waals surface area (Å²) in [6.07, 6.45) is 0.887. The number of hydrogen-bond acceptors (Lipinski definition) is 4. The van der Waals surface area contributed by atoms with E-state index in [9.17, 15) is 0 Å². The minimum Gasteiger partial charge on any atom is -0.354 e. The molecule has 1 unspecified atom stereocenters. The van der Waals surface area contributed by atoms with Gasteiger partial charge in [0.25, 0.3) is 0 Å². The zero-order valence-corrected chi connectivity index (χ0v) is 10.3. The van der Waals surface area contributed by atoms with Crippen molar-refractivity contribution in [3.63, 3.8) is 0 Å². The normalized spacial score (nSPS) is 12.4. The van der Waals surface area contributed by atoms with Gasteiger partial charge in [-0.1, -0.05) is 37.3 Å². The van der Waals surface area contributed by atoms with Gasteiger partial charge in [0.05, 0.1) is 6.04 Å². The molecule has 0 radical (unpaired) electrons. The van der Waals surface area contributed by atoms with Crippen LogP contribution in [0.1, 0.15) is 31.3 Å². The first kappa shape index (κ1) is 11.1. The van der Waals surface area contributed by atoms with Crippen molar-refractivity contribution in [1.82, 2.24) is 9.36 Å². The fraction of sp³-hybridized carbons (Fsp3) is 0.333. The lowest BCUT2D eigenvalue weighted by atomic mass is 10.1. The van der Waals surface area contributed by atoms with Gasteiger partial charge in [-0.05, 0) is 12.5 Å². The number of hydrogen-bond donors (Lipinski definition) is 1. The highest BCUT2D eigenvalue weighted by molar-refractivity contribution is 7.09. The fourth-order valence-electron chi connectivity index (χ4n) is 1.47. The van der Waals surface area contributed by atoms with Gasteiger partial charge in [-0.2, -0.15) is 4.37 Å². The van der Waals surface area contributed by atoms with E-state index in [1.807, 2.05) is 18.2 Å². The van der Waals surface area contributed by atoms with Crippen LogP contribution in [0, 0.1) is 0 Å². The highest BCUT2D eigenvalue weighted by Crippen LogP contribution is 2.20. The molecule has 0 aliphatic carbocycles. The molecule has 4 heteroatoms. The van der Waals surface area contributed by atoms with Crippen molar-refractivity contribution in [2.45, 2.75) is 26.3 Å². The van der Waals surface area contributed by atoms with Gasteiger partial charge in [-0.15, -0.1) is 0 Å². The molecule has 3 nitrogen and oxygen atoms in total. The van der Waals surface area contributed by atoms with Crippen molar-refractivity contribution in [1.29, 1.82) is 0 Å². The first-order valence-corrected chi connectivity index (χ1v) is 6.21. The molecule has 2 aromatic rings. The summed E-state index contributed by atoms with van der Waals surface area (Å²) >= 11 is 1.42. The topological polar surface area (TPSA) is 37.8 Å². The Kier molecular flexibility index (Phi) is 3.51. The first-order chi connectivity index (χ1) is 7.79. The summed E-state index contributed by atoms with van der Waals surface area (Å²) in [5.41, 5.74) is 1.26. The van der Waals surface area contributed by atoms with Gasteiger partial charge in [-0.25, -0.2) is 4.98 Å². The Balaban J connectivity index is 2.05. The SMILES string of the molecule is CCc1nsc(NC(C)c2ccccc2)n1. The fourth-order valence-corrected chi connectivity index (χ4v) is 2.20. The minimum atomic E-state index is 0.263. The maximum atomic E-state index is 4.39. The van der Waals surface area contributed by atoms with Crippen molar-refractivity contribution in [2.75, 3.05) is 5.32 Å². The van der Waals surface area contributed by atoms with Crippen molar-refractivity contribution < 1.29 is 0 Å². The Bertz CT molecular complexity index is 439. The second-order valence-corrected chi connectivity index (χ2v) is 4.40. The molecule has 0 bridgehead atoms. The van der Waals surface area contributed by atoms with Crippen molar-refractivity contribution in [3.05, 3.63) is 41.7 Å². The Labute approximate surface area is 99.7 Å². The summed E-state index contributed by atoms with van der Waals surface area (Å²) in [4.78, 5) is 4.39. The van der Waals surface area contributed by atoms with Crippen LogP contribution in [0.15, 0.2) is 30.3 Å². The number of rotatable bonds is 4. The van der Waals surface area contributed by atoms with Crippen LogP contribution in [0.3, 0.4) is 0 Å². The molecular weight excluding hydrogens is 218 g/mol. The third-order valence-corrected chi connectivity index (χ3v) is 3.11. The average molecular weight is 233 g/mol. The van der Waals surface area contributed by atoms with Gasteiger partial charge in [0.1, 0.15) is 5.82 Å². The van der Waals surface area contributed by atoms with Gasteiger partial charge in [-0.3, -0.25) is 0 Å². The molecule has 0 amide bonds. The summed E-state index contributed by atoms with van der Waals surface area (Å²) < 4.78 is 4.25. The smallest absolute Gasteiger partial charge is 0.203 e. The van der Waals surface area contributed by atoms with E-state index in [4.69, 9.17) is 0 Å². The standard InChI is InChI=1S/C12H15N3S/c1-3-11-14-12(16-15-11)13-9(2)10-7-5-4-6-8-10/h4-9H,3H2,1-2H3,(H,13,14,15). The van der Waals surface area contributed by atoms with Crippen LogP contribution in [0.5, 0.6) is 0 Å².